The van der Waals surface area contributed by atoms with E-state index in [0.717, 1.165) is 19.4 Å². The van der Waals surface area contributed by atoms with Crippen LogP contribution in [0, 0.1) is 5.92 Å². The summed E-state index contributed by atoms with van der Waals surface area (Å²) in [6, 6.07) is 0. The van der Waals surface area contributed by atoms with Crippen LogP contribution in [-0.2, 0) is 8.85 Å². The Hall–Kier alpha value is -0.193. The van der Waals surface area contributed by atoms with Gasteiger partial charge in [0.25, 0.3) is 0 Å². The SMILES string of the molecule is CCCC(CC/N=C(/C)CC(C)C)[Si](C)(OC)OC. The third-order valence-corrected chi connectivity index (χ3v) is 7.43. The molecule has 0 radical (unpaired) electrons. The molecule has 0 saturated carbocycles. The molecule has 0 bridgehead atoms. The van der Waals surface area contributed by atoms with Crippen LogP contribution in [0.3, 0.4) is 0 Å². The fraction of sp³-hybridized carbons (Fsp3) is 0.933. The van der Waals surface area contributed by atoms with Gasteiger partial charge in [-0.3, -0.25) is 4.99 Å². The van der Waals surface area contributed by atoms with Crippen molar-refractivity contribution in [2.24, 2.45) is 10.9 Å². The van der Waals surface area contributed by atoms with Gasteiger partial charge in [0, 0.05) is 32.0 Å². The van der Waals surface area contributed by atoms with Gasteiger partial charge in [-0.05, 0) is 38.7 Å². The van der Waals surface area contributed by atoms with Gasteiger partial charge in [0.2, 0.25) is 0 Å². The Morgan fingerprint density at radius 2 is 1.74 bits per heavy atom. The Kier molecular flexibility index (Phi) is 9.57. The van der Waals surface area contributed by atoms with Crippen LogP contribution in [0.2, 0.25) is 12.1 Å². The Balaban J connectivity index is 4.44. The molecular weight excluding hydrogens is 254 g/mol. The molecule has 0 rings (SSSR count). The number of hydrogen-bond acceptors (Lipinski definition) is 3. The molecule has 0 aliphatic rings. The maximum Gasteiger partial charge on any atom is 0.337 e. The van der Waals surface area contributed by atoms with Gasteiger partial charge < -0.3 is 8.85 Å². The van der Waals surface area contributed by atoms with E-state index in [2.05, 4.69) is 34.2 Å². The van der Waals surface area contributed by atoms with Crippen LogP contribution in [0.15, 0.2) is 4.99 Å². The lowest BCUT2D eigenvalue weighted by Crippen LogP contribution is -2.42. The molecule has 0 amide bonds. The molecule has 0 N–H and O–H groups in total. The van der Waals surface area contributed by atoms with Gasteiger partial charge in [-0.25, -0.2) is 0 Å². The van der Waals surface area contributed by atoms with Gasteiger partial charge in [0.15, 0.2) is 0 Å². The van der Waals surface area contributed by atoms with E-state index in [4.69, 9.17) is 13.8 Å². The molecule has 0 spiro atoms. The largest absolute Gasteiger partial charge is 0.398 e. The minimum absolute atomic E-state index is 0.531. The first-order chi connectivity index (χ1) is 8.89. The lowest BCUT2D eigenvalue weighted by Gasteiger charge is -2.31. The number of nitrogens with zero attached hydrogens (tertiary/aromatic N) is 1. The molecule has 4 heteroatoms. The molecule has 19 heavy (non-hydrogen) atoms. The number of aliphatic imine (C=N–C) groups is 1. The van der Waals surface area contributed by atoms with Crippen molar-refractivity contribution in [1.82, 2.24) is 0 Å². The molecular formula is C15H33NO2Si. The van der Waals surface area contributed by atoms with Gasteiger partial charge in [-0.2, -0.15) is 0 Å². The number of rotatable bonds is 10. The predicted molar refractivity (Wildman–Crippen MR) is 86.3 cm³/mol. The zero-order chi connectivity index (χ0) is 14.9. The molecule has 114 valence electrons. The average molecular weight is 288 g/mol. The highest BCUT2D eigenvalue weighted by Gasteiger charge is 2.38. The highest BCUT2D eigenvalue weighted by atomic mass is 28.4. The summed E-state index contributed by atoms with van der Waals surface area (Å²) >= 11 is 0. The first-order valence-corrected chi connectivity index (χ1v) is 9.89. The molecule has 0 aromatic heterocycles. The topological polar surface area (TPSA) is 30.8 Å². The van der Waals surface area contributed by atoms with Crippen molar-refractivity contribution < 1.29 is 8.85 Å². The summed E-state index contributed by atoms with van der Waals surface area (Å²) in [6.07, 6.45) is 4.52. The van der Waals surface area contributed by atoms with E-state index in [1.165, 1.54) is 18.6 Å². The second-order valence-electron chi connectivity index (χ2n) is 5.91. The zero-order valence-electron chi connectivity index (χ0n) is 14.0. The van der Waals surface area contributed by atoms with Crippen molar-refractivity contribution in [2.45, 2.75) is 65.5 Å². The van der Waals surface area contributed by atoms with Crippen molar-refractivity contribution in [3.63, 3.8) is 0 Å². The van der Waals surface area contributed by atoms with Crippen LogP contribution in [0.5, 0.6) is 0 Å². The van der Waals surface area contributed by atoms with E-state index in [-0.39, 0.29) is 0 Å². The summed E-state index contributed by atoms with van der Waals surface area (Å²) in [6.45, 7) is 11.9. The zero-order valence-corrected chi connectivity index (χ0v) is 15.0. The third-order valence-electron chi connectivity index (χ3n) is 3.75. The lowest BCUT2D eigenvalue weighted by molar-refractivity contribution is 0.231. The van der Waals surface area contributed by atoms with Crippen LogP contribution >= 0.6 is 0 Å². The minimum atomic E-state index is -2.02. The molecule has 0 heterocycles. The molecule has 0 aliphatic carbocycles. The molecule has 0 aromatic rings. The van der Waals surface area contributed by atoms with E-state index < -0.39 is 8.56 Å². The van der Waals surface area contributed by atoms with Crippen LogP contribution in [-0.4, -0.2) is 35.0 Å². The fourth-order valence-corrected chi connectivity index (χ4v) is 4.80. The van der Waals surface area contributed by atoms with E-state index in [1.54, 1.807) is 14.2 Å². The quantitative estimate of drug-likeness (QED) is 0.440. The van der Waals surface area contributed by atoms with Crippen molar-refractivity contribution in [1.29, 1.82) is 0 Å². The molecule has 0 saturated heterocycles. The first-order valence-electron chi connectivity index (χ1n) is 7.49. The van der Waals surface area contributed by atoms with Crippen LogP contribution in [0.1, 0.15) is 53.4 Å². The molecule has 0 fully saturated rings. The van der Waals surface area contributed by atoms with Crippen LogP contribution < -0.4 is 0 Å². The highest BCUT2D eigenvalue weighted by molar-refractivity contribution is 6.67. The first kappa shape index (κ1) is 18.8. The summed E-state index contributed by atoms with van der Waals surface area (Å²) in [5.74, 6) is 0.688. The second kappa shape index (κ2) is 9.67. The maximum atomic E-state index is 5.69. The normalized spacial score (nSPS) is 15.1. The molecule has 1 atom stereocenters. The standard InChI is InChI=1S/C15H33NO2Si/c1-8-9-15(19(7,17-5)18-6)10-11-16-14(4)12-13(2)3/h13,15H,8-12H2,1-7H3/b16-14-. The van der Waals surface area contributed by atoms with E-state index >= 15 is 0 Å². The molecule has 3 nitrogen and oxygen atoms in total. The Morgan fingerprint density at radius 1 is 1.16 bits per heavy atom. The predicted octanol–water partition coefficient (Wildman–Crippen LogP) is 4.42. The Labute approximate surface area is 121 Å². The van der Waals surface area contributed by atoms with Crippen LogP contribution in [0.25, 0.3) is 0 Å². The van der Waals surface area contributed by atoms with Gasteiger partial charge in [0.1, 0.15) is 0 Å². The Morgan fingerprint density at radius 3 is 2.16 bits per heavy atom. The van der Waals surface area contributed by atoms with E-state index in [9.17, 15) is 0 Å². The van der Waals surface area contributed by atoms with Crippen molar-refractivity contribution in [3.05, 3.63) is 0 Å². The smallest absolute Gasteiger partial charge is 0.337 e. The number of hydrogen-bond donors (Lipinski definition) is 0. The van der Waals surface area contributed by atoms with E-state index in [1.807, 2.05) is 0 Å². The van der Waals surface area contributed by atoms with Crippen molar-refractivity contribution in [2.75, 3.05) is 20.8 Å². The fourth-order valence-electron chi connectivity index (χ4n) is 2.50. The third kappa shape index (κ3) is 7.23. The summed E-state index contributed by atoms with van der Waals surface area (Å²) in [7, 11) is 1.55. The van der Waals surface area contributed by atoms with Crippen LogP contribution in [0.4, 0.5) is 0 Å². The molecule has 1 unspecified atom stereocenters. The molecule has 0 aromatic carbocycles. The van der Waals surface area contributed by atoms with Crippen molar-refractivity contribution >= 4 is 14.3 Å². The average Bonchev–Trinajstić information content (AvgIpc) is 2.36. The molecule has 0 aliphatic heterocycles. The monoisotopic (exact) mass is 287 g/mol. The summed E-state index contributed by atoms with van der Waals surface area (Å²) in [5.41, 5.74) is 1.80. The Bertz CT molecular complexity index is 263. The highest BCUT2D eigenvalue weighted by Crippen LogP contribution is 2.31. The maximum absolute atomic E-state index is 5.69. The summed E-state index contributed by atoms with van der Waals surface area (Å²) in [5, 5.41) is 0. The minimum Gasteiger partial charge on any atom is -0.398 e. The van der Waals surface area contributed by atoms with Gasteiger partial charge in [0.05, 0.1) is 0 Å². The van der Waals surface area contributed by atoms with Crippen molar-refractivity contribution in [3.8, 4) is 0 Å². The lowest BCUT2D eigenvalue weighted by atomic mass is 10.1. The summed E-state index contributed by atoms with van der Waals surface area (Å²) < 4.78 is 11.4. The van der Waals surface area contributed by atoms with E-state index in [0.29, 0.717) is 11.5 Å². The second-order valence-corrected chi connectivity index (χ2v) is 9.58. The van der Waals surface area contributed by atoms with Gasteiger partial charge in [-0.1, -0.05) is 27.2 Å². The van der Waals surface area contributed by atoms with Gasteiger partial charge in [-0.15, -0.1) is 0 Å². The van der Waals surface area contributed by atoms with Gasteiger partial charge >= 0.3 is 8.56 Å². The summed E-state index contributed by atoms with van der Waals surface area (Å²) in [4.78, 5) is 4.70.